The number of hydrogen-bond acceptors (Lipinski definition) is 16. The molecule has 14 rings (SSSR count). The van der Waals surface area contributed by atoms with E-state index in [0.29, 0.717) is 71.4 Å². The van der Waals surface area contributed by atoms with Crippen molar-refractivity contribution in [1.82, 2.24) is 39.1 Å². The van der Waals surface area contributed by atoms with Crippen LogP contribution >= 0.6 is 23.2 Å². The van der Waals surface area contributed by atoms with Crippen molar-refractivity contribution >= 4 is 91.8 Å². The Labute approximate surface area is 627 Å². The van der Waals surface area contributed by atoms with Gasteiger partial charge in [0, 0.05) is 85.6 Å². The zero-order valence-corrected chi connectivity index (χ0v) is 64.5. The molecule has 4 amide bonds. The highest BCUT2D eigenvalue weighted by Crippen LogP contribution is 2.52. The second-order valence-electron chi connectivity index (χ2n) is 31.1. The third kappa shape index (κ3) is 12.9. The number of nitrogens with one attached hydrogen (secondary N) is 1. The number of aryl methyl sites for hydroxylation is 2. The van der Waals surface area contributed by atoms with Crippen LogP contribution < -0.4 is 45.5 Å². The van der Waals surface area contributed by atoms with E-state index in [4.69, 9.17) is 42.1 Å². The van der Waals surface area contributed by atoms with Crippen LogP contribution in [-0.2, 0) is 19.1 Å². The van der Waals surface area contributed by atoms with Crippen molar-refractivity contribution in [2.45, 2.75) is 156 Å². The van der Waals surface area contributed by atoms with Crippen LogP contribution in [0, 0.1) is 37.1 Å². The molecule has 0 spiro atoms. The van der Waals surface area contributed by atoms with Crippen LogP contribution in [0.5, 0.6) is 11.5 Å². The maximum Gasteiger partial charge on any atom is 0.410 e. The summed E-state index contributed by atoms with van der Waals surface area (Å²) in [5.74, 6) is -4.40. The minimum absolute atomic E-state index is 0.0298. The van der Waals surface area contributed by atoms with E-state index >= 15 is 27.2 Å². The fourth-order valence-electron chi connectivity index (χ4n) is 15.8. The van der Waals surface area contributed by atoms with Gasteiger partial charge >= 0.3 is 12.2 Å². The molecule has 0 bridgehead atoms. The number of halogens is 6. The number of piperazine rings is 2. The predicted octanol–water partition coefficient (Wildman–Crippen LogP) is 13.5. The maximum absolute atomic E-state index is 17.9. The number of amides is 4. The summed E-state index contributed by atoms with van der Waals surface area (Å²) in [6.07, 6.45) is 2.15. The Hall–Kier alpha value is -9.50. The molecule has 4 fully saturated rings. The summed E-state index contributed by atoms with van der Waals surface area (Å²) in [7, 11) is 4.63. The number of anilines is 4. The highest BCUT2D eigenvalue weighted by molar-refractivity contribution is 6.35. The number of rotatable bonds is 10. The van der Waals surface area contributed by atoms with Crippen molar-refractivity contribution in [2.75, 3.05) is 93.2 Å². The van der Waals surface area contributed by atoms with Crippen molar-refractivity contribution in [2.24, 2.45) is 0 Å². The molecule has 28 heteroatoms. The second kappa shape index (κ2) is 28.3. The molecule has 0 unspecified atom stereocenters. The lowest BCUT2D eigenvalue weighted by Gasteiger charge is -2.53. The fraction of sp³-hybridized carbons (Fsp3) is 0.443. The quantitative estimate of drug-likeness (QED) is 0.126. The Morgan fingerprint density at radius 3 is 1.26 bits per heavy atom. The van der Waals surface area contributed by atoms with Gasteiger partial charge in [-0.15, -0.1) is 0 Å². The number of ether oxygens (including phenoxy) is 4. The van der Waals surface area contributed by atoms with Crippen molar-refractivity contribution in [1.29, 1.82) is 0 Å². The lowest BCUT2D eigenvalue weighted by molar-refractivity contribution is -0.123. The summed E-state index contributed by atoms with van der Waals surface area (Å²) in [5.41, 5.74) is -0.187. The average Bonchev–Trinajstić information content (AvgIpc) is 0.699. The monoisotopic (exact) mass is 1510 g/mol. The summed E-state index contributed by atoms with van der Waals surface area (Å²) in [6, 6.07) is 11.3. The van der Waals surface area contributed by atoms with Gasteiger partial charge in [-0.1, -0.05) is 63.0 Å². The van der Waals surface area contributed by atoms with Gasteiger partial charge in [-0.05, 0) is 148 Å². The molecule has 566 valence electrons. The molecular formula is C79H88Cl2F4N12O10. The smallest absolute Gasteiger partial charge is 0.410 e. The van der Waals surface area contributed by atoms with Gasteiger partial charge in [-0.3, -0.25) is 48.1 Å². The highest BCUT2D eigenvalue weighted by Gasteiger charge is 2.54. The number of pyridine rings is 4. The minimum atomic E-state index is -0.945. The Kier molecular flexibility index (Phi) is 20.0. The van der Waals surface area contributed by atoms with Crippen LogP contribution in [0.1, 0.15) is 117 Å². The lowest BCUT2D eigenvalue weighted by atomic mass is 9.93. The summed E-state index contributed by atoms with van der Waals surface area (Å²) >= 11 is 14.0. The first-order valence-electron chi connectivity index (χ1n) is 35.9. The molecule has 1 N–H and O–H groups in total. The topological polar surface area (TPSA) is 210 Å². The van der Waals surface area contributed by atoms with Crippen LogP contribution in [0.2, 0.25) is 10.0 Å². The van der Waals surface area contributed by atoms with Gasteiger partial charge in [0.05, 0.1) is 106 Å². The number of hydrogen-bond donors (Lipinski definition) is 1. The summed E-state index contributed by atoms with van der Waals surface area (Å²) in [6.45, 7) is 27.7. The number of carbonyl (C=O) groups is 4. The van der Waals surface area contributed by atoms with Gasteiger partial charge in [0.2, 0.25) is 0 Å². The molecule has 4 saturated heterocycles. The summed E-state index contributed by atoms with van der Waals surface area (Å²) < 4.78 is 92.2. The number of likely N-dealkylation sites (tertiary alicyclic amines) is 1. The first kappa shape index (κ1) is 75.7. The third-order valence-corrected chi connectivity index (χ3v) is 21.3. The molecule has 4 aromatic carbocycles. The van der Waals surface area contributed by atoms with Crippen LogP contribution in [0.25, 0.3) is 55.4 Å². The van der Waals surface area contributed by atoms with Crippen LogP contribution in [0.3, 0.4) is 0 Å². The molecule has 8 aromatic rings. The van der Waals surface area contributed by atoms with E-state index < -0.39 is 88.0 Å². The Balaban J connectivity index is 0.000000189. The predicted molar refractivity (Wildman–Crippen MR) is 406 cm³/mol. The summed E-state index contributed by atoms with van der Waals surface area (Å²) in [4.78, 5) is 108. The molecule has 4 atom stereocenters. The van der Waals surface area contributed by atoms with Crippen LogP contribution in [0.4, 0.5) is 49.9 Å². The van der Waals surface area contributed by atoms with E-state index in [-0.39, 0.29) is 133 Å². The van der Waals surface area contributed by atoms with Gasteiger partial charge in [0.1, 0.15) is 57.8 Å². The zero-order valence-electron chi connectivity index (χ0n) is 63.0. The standard InChI is InChI=1S/C40H45ClF2N6O5.C39H43ClF2N6O5/c1-20(2)32-33(21(3)13-14-44-32)49-34-24(15-25(41)29(31(34)43)30-26(42)11-10-12-28(30)53-9)35-36(38(49)51)48(23-17-45(8)18-23)37(50)27-19-46(22(4)16-47(27)35)39(52)54-40(5,6)7;1-19(2)31-32(20(3)12-13-44-31)48-33-23(14-24(40)28(30(33)42)29-25(41)10-9-11-27(29)52-8)34-35(37(48)50)47(22-15-43-16-22)36(49)26-18-45(21(4)17-46(26)34)38(51)53-39(5,6)7/h10-15,20,22-23,27H,16-19H2,1-9H3;9-14,19,21-22,26,43H,15-18H2,1-8H3/t22-,27-;21-,26-/m11/s1. The normalized spacial score (nSPS) is 19.1. The van der Waals surface area contributed by atoms with Gasteiger partial charge in [-0.25, -0.2) is 27.2 Å². The van der Waals surface area contributed by atoms with E-state index in [1.54, 1.807) is 86.8 Å². The largest absolute Gasteiger partial charge is 0.496 e. The van der Waals surface area contributed by atoms with E-state index in [1.807, 2.05) is 67.3 Å². The van der Waals surface area contributed by atoms with E-state index in [2.05, 4.69) is 15.3 Å². The Bertz CT molecular complexity index is 5130. The molecule has 10 heterocycles. The van der Waals surface area contributed by atoms with Crippen molar-refractivity contribution in [3.05, 3.63) is 150 Å². The number of likely N-dealkylation sites (N-methyl/N-ethyl adjacent to an activating group) is 1. The van der Waals surface area contributed by atoms with Gasteiger partial charge < -0.3 is 48.8 Å². The first-order chi connectivity index (χ1) is 50.5. The molecule has 0 saturated carbocycles. The van der Waals surface area contributed by atoms with Crippen molar-refractivity contribution in [3.8, 4) is 45.1 Å². The molecule has 0 radical (unpaired) electrons. The molecular weight excluding hydrogens is 1420 g/mol. The summed E-state index contributed by atoms with van der Waals surface area (Å²) in [5, 5.41) is 3.45. The maximum atomic E-state index is 17.9. The first-order valence-corrected chi connectivity index (χ1v) is 36.6. The highest BCUT2D eigenvalue weighted by atomic mass is 35.5. The number of methoxy groups -OCH3 is 2. The number of nitrogens with zero attached hydrogens (tertiary/aromatic N) is 11. The number of aromatic nitrogens is 4. The fourth-order valence-corrected chi connectivity index (χ4v) is 16.3. The number of fused-ring (bicyclic) bond motifs is 10. The van der Waals surface area contributed by atoms with Gasteiger partial charge in [-0.2, -0.15) is 0 Å². The SMILES string of the molecule is COc1cccc(F)c1-c1c(Cl)cc2c3c(c(=O)n(-c4c(C)ccnc4C(C)C)c2c1F)N(C1CN(C)C1)C(=O)[C@H]1CN(C(=O)OC(C)(C)C)[C@H](C)CN31.COc1cccc(F)c1-c1c(Cl)cc2c3c(c(=O)n(-c4c(C)ccnc4C(C)C)c2c1F)N(C1CNC1)C(=O)[C@H]1CN(C(=O)OC(C)(C)C)[C@H](C)CN31. The Morgan fingerprint density at radius 2 is 0.925 bits per heavy atom. The molecule has 107 heavy (non-hydrogen) atoms. The second-order valence-corrected chi connectivity index (χ2v) is 31.9. The molecule has 6 aliphatic rings. The van der Waals surface area contributed by atoms with Crippen LogP contribution in [-0.4, -0.2) is 179 Å². The molecule has 0 aliphatic carbocycles. The molecule has 4 aromatic heterocycles. The van der Waals surface area contributed by atoms with Crippen molar-refractivity contribution < 1.29 is 55.7 Å². The number of carbonyl (C=O) groups excluding carboxylic acids is 4. The zero-order chi connectivity index (χ0) is 77.4. The van der Waals surface area contributed by atoms with Gasteiger partial charge in [0.15, 0.2) is 11.6 Å². The van der Waals surface area contributed by atoms with E-state index in [1.165, 1.54) is 80.5 Å². The Morgan fingerprint density at radius 1 is 0.542 bits per heavy atom. The number of benzene rings is 4. The van der Waals surface area contributed by atoms with E-state index in [9.17, 15) is 19.2 Å². The minimum Gasteiger partial charge on any atom is -0.496 e. The average molecular weight is 1510 g/mol. The van der Waals surface area contributed by atoms with E-state index in [0.717, 1.165) is 0 Å². The molecule has 6 aliphatic heterocycles. The van der Waals surface area contributed by atoms with Crippen LogP contribution in [0.15, 0.2) is 82.6 Å². The van der Waals surface area contributed by atoms with Gasteiger partial charge in [0.25, 0.3) is 22.9 Å². The third-order valence-electron chi connectivity index (χ3n) is 20.7. The molecule has 22 nitrogen and oxygen atoms in total. The lowest BCUT2D eigenvalue weighted by Crippen LogP contribution is -2.71. The van der Waals surface area contributed by atoms with Crippen molar-refractivity contribution in [3.63, 3.8) is 0 Å².